The molecule has 18 nitrogen and oxygen atoms in total. The second-order valence-corrected chi connectivity index (χ2v) is 26.6. The highest BCUT2D eigenvalue weighted by Crippen LogP contribution is 2.48. The summed E-state index contributed by atoms with van der Waals surface area (Å²) >= 11 is 0. The Hall–Kier alpha value is -5.37. The van der Waals surface area contributed by atoms with E-state index in [1.807, 2.05) is 69.2 Å². The van der Waals surface area contributed by atoms with Crippen LogP contribution in [0.1, 0.15) is 201 Å². The highest BCUT2D eigenvalue weighted by molar-refractivity contribution is 5.77. The van der Waals surface area contributed by atoms with Crippen molar-refractivity contribution in [2.45, 2.75) is 195 Å². The van der Waals surface area contributed by atoms with Crippen LogP contribution in [0.3, 0.4) is 0 Å². The van der Waals surface area contributed by atoms with Crippen molar-refractivity contribution in [2.75, 3.05) is 81.6 Å². The van der Waals surface area contributed by atoms with Crippen LogP contribution in [0.2, 0.25) is 0 Å². The topological polar surface area (TPSA) is 222 Å². The number of methoxy groups -OCH3 is 6. The molecule has 6 aliphatic heterocycles. The molecule has 6 aliphatic rings. The lowest BCUT2D eigenvalue weighted by molar-refractivity contribution is -0.161. The van der Waals surface area contributed by atoms with Crippen LogP contribution in [0.15, 0.2) is 36.4 Å². The van der Waals surface area contributed by atoms with Gasteiger partial charge >= 0.3 is 17.9 Å². The fourth-order valence-corrected chi connectivity index (χ4v) is 12.4. The smallest absolute Gasteiger partial charge is 0.323 e. The molecule has 6 heterocycles. The zero-order valence-corrected chi connectivity index (χ0v) is 55.5. The van der Waals surface area contributed by atoms with Gasteiger partial charge in [-0.3, -0.25) is 29.1 Å². The number of hydrogen-bond donors (Lipinski definition) is 3. The molecule has 18 heteroatoms. The van der Waals surface area contributed by atoms with E-state index in [2.05, 4.69) is 0 Å². The molecule has 0 radical (unpaired) electrons. The van der Waals surface area contributed by atoms with Gasteiger partial charge in [0.05, 0.1) is 53.5 Å². The van der Waals surface area contributed by atoms with Gasteiger partial charge in [0.15, 0.2) is 34.5 Å². The molecule has 0 saturated carbocycles. The van der Waals surface area contributed by atoms with E-state index in [0.29, 0.717) is 47.5 Å². The van der Waals surface area contributed by atoms with E-state index < -0.39 is 137 Å². The molecule has 90 heavy (non-hydrogen) atoms. The van der Waals surface area contributed by atoms with Crippen molar-refractivity contribution in [1.82, 2.24) is 14.7 Å². The number of hydrogen-bond acceptors (Lipinski definition) is 18. The molecule has 0 spiro atoms. The normalized spacial score (nSPS) is 33.5. The number of fused-ring (bicyclic) bond motifs is 9. The molecule has 9 rings (SSSR count). The summed E-state index contributed by atoms with van der Waals surface area (Å²) in [5, 5.41) is 0. The first kappa shape index (κ1) is 48.4. The molecule has 6 N–H and O–H groups in total. The number of nitrogens with two attached hydrogens (primary N) is 3. The van der Waals surface area contributed by atoms with E-state index in [-0.39, 0.29) is 120 Å². The Morgan fingerprint density at radius 3 is 1.06 bits per heavy atom. The van der Waals surface area contributed by atoms with Crippen LogP contribution >= 0.6 is 0 Å². The Labute approximate surface area is 567 Å². The molecule has 3 saturated heterocycles. The van der Waals surface area contributed by atoms with Crippen LogP contribution < -0.4 is 45.6 Å². The first-order chi connectivity index (χ1) is 50.2. The van der Waals surface area contributed by atoms with E-state index in [9.17, 15) is 17.1 Å². The summed E-state index contributed by atoms with van der Waals surface area (Å²) in [6, 6.07) is 3.56. The molecule has 9 unspecified atom stereocenters. The SMILES string of the molecule is [2H]C([2H])([2H])Oc1cc2c(cc1OC)C1CC(OC(=O)[C@@H](N)C(C)C)C(CC(C)C)CN1C([2H])([2H])C2([2H])[2H].[2H]C([2H])([2H])Oc1cc2c(cc1OC)C1CC([2H])(OC(=O)[C@@H](N)C(C)C)C(CC(C)C)CN1C([2H])([2H])C2([2H])[2H].[2H]C1(OC(=O)[C@@H](N)C(C)C)CC2c3cc(OC)c(OC)cc3C([2H])([2H])C([2H])([2H])N2CC1CC(C)C. The monoisotopic (exact) mass is 1270 g/mol. The summed E-state index contributed by atoms with van der Waals surface area (Å²) in [6.45, 7) is 15.6. The Morgan fingerprint density at radius 2 is 0.744 bits per heavy atom. The number of ether oxygens (including phenoxy) is 9. The Kier molecular flexibility index (Phi) is 17.4. The van der Waals surface area contributed by atoms with Gasteiger partial charge in [0.2, 0.25) is 0 Å². The maximum atomic E-state index is 12.9. The molecule has 0 aromatic heterocycles. The number of benzene rings is 3. The number of esters is 3. The molecule has 0 bridgehead atoms. The van der Waals surface area contributed by atoms with E-state index in [1.54, 1.807) is 19.9 Å². The molecule has 0 amide bonds. The lowest BCUT2D eigenvalue weighted by Crippen LogP contribution is -2.51. The average molecular weight is 1280 g/mol. The summed E-state index contributed by atoms with van der Waals surface area (Å²) in [5.41, 5.74) is 19.3. The van der Waals surface area contributed by atoms with Crippen LogP contribution in [0, 0.1) is 53.3 Å². The second kappa shape index (κ2) is 32.5. The maximum Gasteiger partial charge on any atom is 0.323 e. The van der Waals surface area contributed by atoms with Gasteiger partial charge in [-0.05, 0) is 144 Å². The molecule has 3 aromatic rings. The van der Waals surface area contributed by atoms with Crippen LogP contribution in [-0.4, -0.2) is 151 Å². The number of rotatable bonds is 21. The molecule has 12 atom stereocenters. The van der Waals surface area contributed by atoms with Gasteiger partial charge in [-0.1, -0.05) is 83.1 Å². The largest absolute Gasteiger partial charge is 0.493 e. The highest BCUT2D eigenvalue weighted by atomic mass is 16.6. The standard InChI is InChI=1S/3C24H38N2O4/c3*1-14(2)9-17-13-26-8-7-16-10-21(28-5)22(29-6)11-18(16)19(26)12-20(17)30-24(27)23(25)15(3)4/h3*10-11,14-15,17,19-20,23H,7-9,12-13,25H2,1-6H3/t3*17?,19?,20?,23-/m000/s1/i5D3,7D2,8D2,20D;7D2,8D2,20D;5D3,7D2,8D2. The molecular weight excluding hydrogens is 1140 g/mol. The molecule has 3 aromatic carbocycles. The van der Waals surface area contributed by atoms with Crippen LogP contribution in [-0.2, 0) is 47.7 Å². The lowest BCUT2D eigenvalue weighted by atomic mass is 9.79. The molecule has 504 valence electrons. The van der Waals surface area contributed by atoms with Crippen molar-refractivity contribution >= 4 is 17.9 Å². The number of nitrogens with zero attached hydrogens (tertiary/aromatic N) is 3. The zero-order valence-electron chi connectivity index (χ0n) is 75.5. The predicted molar refractivity (Wildman–Crippen MR) is 353 cm³/mol. The third-order valence-corrected chi connectivity index (χ3v) is 17.6. The Morgan fingerprint density at radius 1 is 0.456 bits per heavy atom. The quantitative estimate of drug-likeness (QED) is 0.0666. The van der Waals surface area contributed by atoms with Gasteiger partial charge in [0.1, 0.15) is 36.4 Å². The zero-order chi connectivity index (χ0) is 83.6. The average Bonchev–Trinajstić information content (AvgIpc) is 0.710. The van der Waals surface area contributed by atoms with Crippen LogP contribution in [0.4, 0.5) is 0 Å². The first-order valence-electron chi connectivity index (χ1n) is 41.6. The summed E-state index contributed by atoms with van der Waals surface area (Å²) in [4.78, 5) is 42.9. The predicted octanol–water partition coefficient (Wildman–Crippen LogP) is 10.7. The van der Waals surface area contributed by atoms with Crippen molar-refractivity contribution in [1.29, 1.82) is 0 Å². The van der Waals surface area contributed by atoms with Crippen molar-refractivity contribution in [3.8, 4) is 34.5 Å². The summed E-state index contributed by atoms with van der Waals surface area (Å²) < 4.78 is 218. The van der Waals surface area contributed by atoms with Crippen molar-refractivity contribution in [3.05, 3.63) is 69.8 Å². The molecule has 0 aliphatic carbocycles. The Balaban J connectivity index is 0.000000230. The minimum absolute atomic E-state index is 0.0231. The van der Waals surface area contributed by atoms with Crippen LogP contribution in [0.25, 0.3) is 0 Å². The fraction of sp³-hybridized carbons (Fsp3) is 0.708. The van der Waals surface area contributed by atoms with Crippen molar-refractivity contribution < 1.29 is 84.4 Å². The van der Waals surface area contributed by atoms with Gasteiger partial charge < -0.3 is 59.8 Å². The number of aryl methyl sites for hydroxylation is 3. The fourth-order valence-electron chi connectivity index (χ4n) is 12.4. The van der Waals surface area contributed by atoms with Gasteiger partial charge in [-0.15, -0.1) is 0 Å². The van der Waals surface area contributed by atoms with E-state index in [0.717, 1.165) is 6.07 Å². The van der Waals surface area contributed by atoms with E-state index in [4.69, 9.17) is 84.5 Å². The third-order valence-electron chi connectivity index (χ3n) is 17.6. The highest BCUT2D eigenvalue weighted by Gasteiger charge is 2.45. The number of carbonyl (C=O) groups excluding carboxylic acids is 3. The second-order valence-electron chi connectivity index (χ2n) is 26.6. The van der Waals surface area contributed by atoms with E-state index >= 15 is 0 Å². The van der Waals surface area contributed by atoms with Gasteiger partial charge in [0.25, 0.3) is 0 Å². The van der Waals surface area contributed by atoms with E-state index in [1.165, 1.54) is 67.4 Å². The maximum absolute atomic E-state index is 12.9. The summed E-state index contributed by atoms with van der Waals surface area (Å²) in [6.07, 6.45) is -9.75. The summed E-state index contributed by atoms with van der Waals surface area (Å²) in [7, 11) is -0.0823. The van der Waals surface area contributed by atoms with Crippen LogP contribution in [0.5, 0.6) is 34.5 Å². The van der Waals surface area contributed by atoms with Gasteiger partial charge in [-0.2, -0.15) is 0 Å². The van der Waals surface area contributed by atoms with Gasteiger partial charge in [0, 0.05) is 111 Å². The van der Waals surface area contributed by atoms with Crippen molar-refractivity contribution in [2.24, 2.45) is 70.5 Å². The molecular formula is C72H114N6O12. The summed E-state index contributed by atoms with van der Waals surface area (Å²) in [5.74, 6) is -2.94. The minimum atomic E-state index is -2.84. The number of carbonyl (C=O) groups is 3. The third kappa shape index (κ3) is 17.5. The lowest BCUT2D eigenvalue weighted by Gasteiger charge is -2.47. The van der Waals surface area contributed by atoms with Crippen molar-refractivity contribution in [3.63, 3.8) is 0 Å². The van der Waals surface area contributed by atoms with Gasteiger partial charge in [-0.25, -0.2) is 0 Å². The molecule has 3 fully saturated rings. The Bertz CT molecular complexity index is 3760. The first-order valence-corrected chi connectivity index (χ1v) is 31.6. The minimum Gasteiger partial charge on any atom is -0.493 e. The number of piperidine rings is 3.